The first-order chi connectivity index (χ1) is 7.60. The third-order valence-electron chi connectivity index (χ3n) is 2.31. The average Bonchev–Trinajstić information content (AvgIpc) is 2.29. The fourth-order valence-corrected chi connectivity index (χ4v) is 2.04. The molecule has 0 radical (unpaired) electrons. The SMILES string of the molecule is CCN(CC)C(=O)C(Cl)c1cncc(Br)c1. The van der Waals surface area contributed by atoms with Crippen molar-refractivity contribution in [3.63, 3.8) is 0 Å². The maximum absolute atomic E-state index is 12.0. The third kappa shape index (κ3) is 3.19. The van der Waals surface area contributed by atoms with E-state index in [0.717, 1.165) is 4.47 Å². The maximum Gasteiger partial charge on any atom is 0.245 e. The van der Waals surface area contributed by atoms with Crippen LogP contribution < -0.4 is 0 Å². The molecule has 16 heavy (non-hydrogen) atoms. The summed E-state index contributed by atoms with van der Waals surface area (Å²) in [5, 5.41) is -0.662. The largest absolute Gasteiger partial charge is 0.342 e. The Morgan fingerprint density at radius 3 is 2.62 bits per heavy atom. The molecule has 1 amide bonds. The van der Waals surface area contributed by atoms with Crippen molar-refractivity contribution in [2.75, 3.05) is 13.1 Å². The van der Waals surface area contributed by atoms with E-state index in [4.69, 9.17) is 11.6 Å². The minimum absolute atomic E-state index is 0.0773. The van der Waals surface area contributed by atoms with Crippen molar-refractivity contribution in [1.29, 1.82) is 0 Å². The summed E-state index contributed by atoms with van der Waals surface area (Å²) in [5.74, 6) is -0.0773. The van der Waals surface area contributed by atoms with Crippen LogP contribution in [0.1, 0.15) is 24.8 Å². The van der Waals surface area contributed by atoms with Gasteiger partial charge in [-0.25, -0.2) is 0 Å². The number of alkyl halides is 1. The van der Waals surface area contributed by atoms with Crippen molar-refractivity contribution in [1.82, 2.24) is 9.88 Å². The molecule has 1 rings (SSSR count). The van der Waals surface area contributed by atoms with Crippen molar-refractivity contribution in [2.24, 2.45) is 0 Å². The molecule has 1 aromatic rings. The molecular formula is C11H14BrClN2O. The van der Waals surface area contributed by atoms with E-state index >= 15 is 0 Å². The number of nitrogens with zero attached hydrogens (tertiary/aromatic N) is 2. The van der Waals surface area contributed by atoms with E-state index in [1.54, 1.807) is 17.3 Å². The second-order valence-corrected chi connectivity index (χ2v) is 4.66. The number of carbonyl (C=O) groups is 1. The number of aromatic nitrogens is 1. The maximum atomic E-state index is 12.0. The molecule has 0 aliphatic carbocycles. The summed E-state index contributed by atoms with van der Waals surface area (Å²) < 4.78 is 0.822. The first-order valence-corrected chi connectivity index (χ1v) is 6.36. The summed E-state index contributed by atoms with van der Waals surface area (Å²) >= 11 is 9.43. The van der Waals surface area contributed by atoms with Crippen molar-refractivity contribution in [3.05, 3.63) is 28.5 Å². The topological polar surface area (TPSA) is 33.2 Å². The number of hydrogen-bond acceptors (Lipinski definition) is 2. The van der Waals surface area contributed by atoms with Crippen LogP contribution in [0.5, 0.6) is 0 Å². The van der Waals surface area contributed by atoms with Crippen LogP contribution >= 0.6 is 27.5 Å². The Morgan fingerprint density at radius 1 is 1.50 bits per heavy atom. The molecule has 0 aromatic carbocycles. The van der Waals surface area contributed by atoms with E-state index in [0.29, 0.717) is 18.7 Å². The molecule has 5 heteroatoms. The fraction of sp³-hybridized carbons (Fsp3) is 0.455. The summed E-state index contributed by atoms with van der Waals surface area (Å²) in [6.07, 6.45) is 3.28. The van der Waals surface area contributed by atoms with E-state index in [-0.39, 0.29) is 5.91 Å². The molecule has 0 bridgehead atoms. The number of amides is 1. The van der Waals surface area contributed by atoms with E-state index in [1.807, 2.05) is 19.9 Å². The van der Waals surface area contributed by atoms with Gasteiger partial charge >= 0.3 is 0 Å². The Hall–Kier alpha value is -0.610. The lowest BCUT2D eigenvalue weighted by atomic mass is 10.2. The number of hydrogen-bond donors (Lipinski definition) is 0. The summed E-state index contributed by atoms with van der Waals surface area (Å²) in [7, 11) is 0. The van der Waals surface area contributed by atoms with Gasteiger partial charge in [-0.3, -0.25) is 9.78 Å². The zero-order valence-corrected chi connectivity index (χ0v) is 11.6. The Balaban J connectivity index is 2.85. The van der Waals surface area contributed by atoms with Crippen LogP contribution in [-0.2, 0) is 4.79 Å². The van der Waals surface area contributed by atoms with Crippen LogP contribution in [0.15, 0.2) is 22.9 Å². The van der Waals surface area contributed by atoms with Gasteiger partial charge in [-0.2, -0.15) is 0 Å². The average molecular weight is 306 g/mol. The van der Waals surface area contributed by atoms with Gasteiger partial charge in [0.25, 0.3) is 0 Å². The Kier molecular flexibility index (Phi) is 5.22. The van der Waals surface area contributed by atoms with E-state index in [1.165, 1.54) is 0 Å². The zero-order chi connectivity index (χ0) is 12.1. The Labute approximate surface area is 109 Å². The highest BCUT2D eigenvalue weighted by molar-refractivity contribution is 9.10. The molecule has 1 unspecified atom stereocenters. The number of rotatable bonds is 4. The van der Waals surface area contributed by atoms with Crippen LogP contribution in [0.25, 0.3) is 0 Å². The van der Waals surface area contributed by atoms with Crippen molar-refractivity contribution in [2.45, 2.75) is 19.2 Å². The van der Waals surface area contributed by atoms with Crippen molar-refractivity contribution in [3.8, 4) is 0 Å². The van der Waals surface area contributed by atoms with Gasteiger partial charge in [0.2, 0.25) is 5.91 Å². The van der Waals surface area contributed by atoms with Gasteiger partial charge in [0.15, 0.2) is 0 Å². The van der Waals surface area contributed by atoms with Gasteiger partial charge in [-0.05, 0) is 41.4 Å². The van der Waals surface area contributed by atoms with E-state index in [2.05, 4.69) is 20.9 Å². The molecule has 0 spiro atoms. The number of carbonyl (C=O) groups excluding carboxylic acids is 1. The van der Waals surface area contributed by atoms with Gasteiger partial charge < -0.3 is 4.90 Å². The highest BCUT2D eigenvalue weighted by Gasteiger charge is 2.22. The molecule has 0 N–H and O–H groups in total. The minimum Gasteiger partial charge on any atom is -0.342 e. The lowest BCUT2D eigenvalue weighted by Crippen LogP contribution is -2.33. The smallest absolute Gasteiger partial charge is 0.245 e. The highest BCUT2D eigenvalue weighted by atomic mass is 79.9. The van der Waals surface area contributed by atoms with Gasteiger partial charge in [0, 0.05) is 30.0 Å². The number of likely N-dealkylation sites (N-methyl/N-ethyl adjacent to an activating group) is 1. The summed E-state index contributed by atoms with van der Waals surface area (Å²) in [6, 6.07) is 1.81. The fourth-order valence-electron chi connectivity index (χ4n) is 1.41. The molecule has 0 fully saturated rings. The molecule has 0 saturated heterocycles. The standard InChI is InChI=1S/C11H14BrClN2O/c1-3-15(4-2)11(16)10(13)8-5-9(12)7-14-6-8/h5-7,10H,3-4H2,1-2H3. The second-order valence-electron chi connectivity index (χ2n) is 3.31. The number of halogens is 2. The third-order valence-corrected chi connectivity index (χ3v) is 3.18. The van der Waals surface area contributed by atoms with Crippen molar-refractivity contribution < 1.29 is 4.79 Å². The molecule has 0 aliphatic heterocycles. The Bertz CT molecular complexity index is 369. The first kappa shape index (κ1) is 13.5. The van der Waals surface area contributed by atoms with E-state index < -0.39 is 5.38 Å². The predicted molar refractivity (Wildman–Crippen MR) is 68.5 cm³/mol. The minimum atomic E-state index is -0.662. The second kappa shape index (κ2) is 6.21. The summed E-state index contributed by atoms with van der Waals surface area (Å²) in [5.41, 5.74) is 0.716. The van der Waals surface area contributed by atoms with Gasteiger partial charge in [0.1, 0.15) is 5.38 Å². The van der Waals surface area contributed by atoms with Crippen molar-refractivity contribution >= 4 is 33.4 Å². The first-order valence-electron chi connectivity index (χ1n) is 5.13. The molecule has 3 nitrogen and oxygen atoms in total. The van der Waals surface area contributed by atoms with Crippen LogP contribution in [-0.4, -0.2) is 28.9 Å². The molecule has 0 saturated carbocycles. The lowest BCUT2D eigenvalue weighted by molar-refractivity contribution is -0.130. The van der Waals surface area contributed by atoms with Crippen LogP contribution in [0.4, 0.5) is 0 Å². The zero-order valence-electron chi connectivity index (χ0n) is 9.28. The normalized spacial score (nSPS) is 12.2. The highest BCUT2D eigenvalue weighted by Crippen LogP contribution is 2.24. The summed E-state index contributed by atoms with van der Waals surface area (Å²) in [6.45, 7) is 5.20. The Morgan fingerprint density at radius 2 is 2.12 bits per heavy atom. The van der Waals surface area contributed by atoms with Gasteiger partial charge in [-0.1, -0.05) is 0 Å². The quantitative estimate of drug-likeness (QED) is 0.801. The molecule has 1 heterocycles. The van der Waals surface area contributed by atoms with E-state index in [9.17, 15) is 4.79 Å². The van der Waals surface area contributed by atoms with Crippen LogP contribution in [0.2, 0.25) is 0 Å². The monoisotopic (exact) mass is 304 g/mol. The number of pyridine rings is 1. The molecule has 1 atom stereocenters. The molecule has 1 aromatic heterocycles. The molecule has 0 aliphatic rings. The predicted octanol–water partition coefficient (Wildman–Crippen LogP) is 2.99. The summed E-state index contributed by atoms with van der Waals surface area (Å²) in [4.78, 5) is 17.7. The van der Waals surface area contributed by atoms with Gasteiger partial charge in [-0.15, -0.1) is 11.6 Å². The van der Waals surface area contributed by atoms with Gasteiger partial charge in [0.05, 0.1) is 0 Å². The molecular weight excluding hydrogens is 291 g/mol. The molecule has 88 valence electrons. The van der Waals surface area contributed by atoms with Crippen LogP contribution in [0, 0.1) is 0 Å². The van der Waals surface area contributed by atoms with Crippen LogP contribution in [0.3, 0.4) is 0 Å². The lowest BCUT2D eigenvalue weighted by Gasteiger charge is -2.21.